The smallest absolute Gasteiger partial charge is 0.332 e. The molecule has 0 spiro atoms. The summed E-state index contributed by atoms with van der Waals surface area (Å²) in [6, 6.07) is 6.54. The molecule has 3 atom stereocenters. The molecule has 30 heavy (non-hydrogen) atoms. The number of carbonyl (C=O) groups is 4. The lowest BCUT2D eigenvalue weighted by Gasteiger charge is -2.18. The van der Waals surface area contributed by atoms with Crippen LogP contribution in [0.4, 0.5) is 0 Å². The summed E-state index contributed by atoms with van der Waals surface area (Å²) in [5.41, 5.74) is 0.758. The lowest BCUT2D eigenvalue weighted by atomic mass is 10.1. The Bertz CT molecular complexity index is 711. The first kappa shape index (κ1) is 25.0. The Morgan fingerprint density at radius 2 is 1.40 bits per heavy atom. The van der Waals surface area contributed by atoms with Crippen LogP contribution >= 0.6 is 0 Å². The standard InChI is InChI=1S/C19H26N2O9/c22-15(19(28)29)7-9-20-13(17(24)25)6-8-21-14(18(26)27)10-16(23)30-11-12-4-2-1-3-5-12/h1-5,13-15,20-22H,6-11H2,(H,24,25)(H,26,27)(H,28,29)/t13?,14?,15-/m0/s1. The summed E-state index contributed by atoms with van der Waals surface area (Å²) in [5, 5.41) is 41.4. The molecule has 11 nitrogen and oxygen atoms in total. The molecule has 0 aliphatic rings. The molecule has 0 saturated carbocycles. The fourth-order valence-corrected chi connectivity index (χ4v) is 2.44. The van der Waals surface area contributed by atoms with E-state index in [0.29, 0.717) is 0 Å². The Morgan fingerprint density at radius 3 is 1.97 bits per heavy atom. The number of ether oxygens (including phenoxy) is 1. The summed E-state index contributed by atoms with van der Waals surface area (Å²) < 4.78 is 5.05. The monoisotopic (exact) mass is 426 g/mol. The van der Waals surface area contributed by atoms with Crippen LogP contribution in [0.5, 0.6) is 0 Å². The quantitative estimate of drug-likeness (QED) is 0.198. The molecule has 6 N–H and O–H groups in total. The predicted molar refractivity (Wildman–Crippen MR) is 103 cm³/mol. The molecule has 1 aromatic carbocycles. The second-order valence-electron chi connectivity index (χ2n) is 6.47. The summed E-state index contributed by atoms with van der Waals surface area (Å²) in [5.74, 6) is -4.62. The molecular weight excluding hydrogens is 400 g/mol. The Labute approximate surface area is 172 Å². The van der Waals surface area contributed by atoms with Crippen molar-refractivity contribution in [3.05, 3.63) is 35.9 Å². The lowest BCUT2D eigenvalue weighted by Crippen LogP contribution is -2.44. The van der Waals surface area contributed by atoms with E-state index in [1.807, 2.05) is 6.07 Å². The zero-order chi connectivity index (χ0) is 22.5. The van der Waals surface area contributed by atoms with Crippen LogP contribution in [0, 0.1) is 0 Å². The second-order valence-corrected chi connectivity index (χ2v) is 6.47. The number of rotatable bonds is 15. The molecule has 0 aromatic heterocycles. The third-order valence-electron chi connectivity index (χ3n) is 4.13. The van der Waals surface area contributed by atoms with Crippen LogP contribution in [-0.4, -0.2) is 75.6 Å². The number of nitrogens with one attached hydrogen (secondary N) is 2. The van der Waals surface area contributed by atoms with Crippen LogP contribution in [0.25, 0.3) is 0 Å². The van der Waals surface area contributed by atoms with Gasteiger partial charge >= 0.3 is 23.9 Å². The Morgan fingerprint density at radius 1 is 0.833 bits per heavy atom. The topological polar surface area (TPSA) is 182 Å². The average molecular weight is 426 g/mol. The lowest BCUT2D eigenvalue weighted by molar-refractivity contribution is -0.150. The van der Waals surface area contributed by atoms with Crippen molar-refractivity contribution in [1.82, 2.24) is 10.6 Å². The molecule has 11 heteroatoms. The number of carboxylic acid groups (broad SMARTS) is 3. The first-order valence-corrected chi connectivity index (χ1v) is 9.23. The van der Waals surface area contributed by atoms with Gasteiger partial charge in [-0.25, -0.2) is 4.79 Å². The van der Waals surface area contributed by atoms with Gasteiger partial charge in [-0.3, -0.25) is 14.4 Å². The van der Waals surface area contributed by atoms with Crippen LogP contribution in [-0.2, 0) is 30.5 Å². The van der Waals surface area contributed by atoms with E-state index in [4.69, 9.17) is 9.84 Å². The molecule has 0 saturated heterocycles. The van der Waals surface area contributed by atoms with Gasteiger partial charge in [0.1, 0.15) is 18.7 Å². The minimum Gasteiger partial charge on any atom is -0.480 e. The maximum atomic E-state index is 11.9. The molecule has 0 bridgehead atoms. The van der Waals surface area contributed by atoms with Crippen molar-refractivity contribution in [3.8, 4) is 0 Å². The van der Waals surface area contributed by atoms with Crippen LogP contribution < -0.4 is 10.6 Å². The number of aliphatic hydroxyl groups excluding tert-OH is 1. The predicted octanol–water partition coefficient (Wildman–Crippen LogP) is -0.569. The van der Waals surface area contributed by atoms with Crippen molar-refractivity contribution in [1.29, 1.82) is 0 Å². The van der Waals surface area contributed by atoms with Crippen molar-refractivity contribution in [3.63, 3.8) is 0 Å². The number of aliphatic hydroxyl groups is 1. The summed E-state index contributed by atoms with van der Waals surface area (Å²) in [7, 11) is 0. The number of hydrogen-bond acceptors (Lipinski definition) is 8. The minimum absolute atomic E-state index is 0.0131. The maximum absolute atomic E-state index is 11.9. The largest absolute Gasteiger partial charge is 0.480 e. The highest BCUT2D eigenvalue weighted by Crippen LogP contribution is 2.04. The Hall–Kier alpha value is -3.02. The van der Waals surface area contributed by atoms with Gasteiger partial charge < -0.3 is 35.8 Å². The molecule has 0 aliphatic carbocycles. The maximum Gasteiger partial charge on any atom is 0.332 e. The van der Waals surface area contributed by atoms with Crippen molar-refractivity contribution >= 4 is 23.9 Å². The van der Waals surface area contributed by atoms with Gasteiger partial charge in [0, 0.05) is 0 Å². The molecule has 0 heterocycles. The van der Waals surface area contributed by atoms with E-state index in [0.717, 1.165) is 5.56 Å². The molecule has 1 aromatic rings. The van der Waals surface area contributed by atoms with E-state index in [1.165, 1.54) is 0 Å². The van der Waals surface area contributed by atoms with E-state index in [2.05, 4.69) is 10.6 Å². The van der Waals surface area contributed by atoms with E-state index >= 15 is 0 Å². The highest BCUT2D eigenvalue weighted by Gasteiger charge is 2.24. The highest BCUT2D eigenvalue weighted by molar-refractivity contribution is 5.81. The SMILES string of the molecule is O=C(CC(NCCC(NCC[C@H](O)C(=O)O)C(=O)O)C(=O)O)OCc1ccccc1. The number of carboxylic acids is 3. The zero-order valence-corrected chi connectivity index (χ0v) is 16.2. The molecule has 0 aliphatic heterocycles. The number of esters is 1. The van der Waals surface area contributed by atoms with E-state index < -0.39 is 48.5 Å². The third-order valence-corrected chi connectivity index (χ3v) is 4.13. The van der Waals surface area contributed by atoms with Crippen LogP contribution in [0.15, 0.2) is 30.3 Å². The first-order valence-electron chi connectivity index (χ1n) is 9.23. The highest BCUT2D eigenvalue weighted by atomic mass is 16.5. The number of carbonyl (C=O) groups excluding carboxylic acids is 1. The first-order chi connectivity index (χ1) is 14.2. The fourth-order valence-electron chi connectivity index (χ4n) is 2.44. The van der Waals surface area contributed by atoms with Gasteiger partial charge in [0.05, 0.1) is 6.42 Å². The summed E-state index contributed by atoms with van der Waals surface area (Å²) in [6.45, 7) is -0.0772. The molecule has 0 radical (unpaired) electrons. The summed E-state index contributed by atoms with van der Waals surface area (Å²) >= 11 is 0. The van der Waals surface area contributed by atoms with Crippen molar-refractivity contribution in [2.24, 2.45) is 0 Å². The molecule has 1 rings (SSSR count). The van der Waals surface area contributed by atoms with Crippen molar-refractivity contribution in [2.75, 3.05) is 13.1 Å². The fraction of sp³-hybridized carbons (Fsp3) is 0.474. The Balaban J connectivity index is 2.42. The van der Waals surface area contributed by atoms with Crippen LogP contribution in [0.2, 0.25) is 0 Å². The number of hydrogen-bond donors (Lipinski definition) is 6. The van der Waals surface area contributed by atoms with Gasteiger partial charge in [0.25, 0.3) is 0 Å². The van der Waals surface area contributed by atoms with Crippen LogP contribution in [0.3, 0.4) is 0 Å². The van der Waals surface area contributed by atoms with Crippen molar-refractivity contribution < 1.29 is 44.3 Å². The van der Waals surface area contributed by atoms with Gasteiger partial charge in [-0.2, -0.15) is 0 Å². The van der Waals surface area contributed by atoms with Gasteiger partial charge in [0.2, 0.25) is 0 Å². The Kier molecular flexibility index (Phi) is 11.0. The van der Waals surface area contributed by atoms with E-state index in [-0.39, 0.29) is 32.5 Å². The van der Waals surface area contributed by atoms with Gasteiger partial charge in [-0.05, 0) is 31.5 Å². The minimum atomic E-state index is -1.61. The van der Waals surface area contributed by atoms with Gasteiger partial charge in [0.15, 0.2) is 6.10 Å². The van der Waals surface area contributed by atoms with Gasteiger partial charge in [-0.15, -0.1) is 0 Å². The number of aliphatic carboxylic acids is 3. The molecule has 2 unspecified atom stereocenters. The van der Waals surface area contributed by atoms with E-state index in [9.17, 15) is 34.5 Å². The van der Waals surface area contributed by atoms with Crippen LogP contribution in [0.1, 0.15) is 24.8 Å². The second kappa shape index (κ2) is 13.2. The third kappa shape index (κ3) is 9.96. The summed E-state index contributed by atoms with van der Waals surface area (Å²) in [4.78, 5) is 45.0. The molecule has 0 amide bonds. The number of benzene rings is 1. The van der Waals surface area contributed by atoms with Crippen molar-refractivity contribution in [2.45, 2.75) is 44.1 Å². The summed E-state index contributed by atoms with van der Waals surface area (Å²) in [6.07, 6.45) is -2.25. The van der Waals surface area contributed by atoms with E-state index in [1.54, 1.807) is 24.3 Å². The molecule has 166 valence electrons. The average Bonchev–Trinajstić information content (AvgIpc) is 2.70. The molecule has 0 fully saturated rings. The molecular formula is C19H26N2O9. The zero-order valence-electron chi connectivity index (χ0n) is 16.2. The van der Waals surface area contributed by atoms with Gasteiger partial charge in [-0.1, -0.05) is 30.3 Å². The normalized spacial score (nSPS) is 13.8.